The van der Waals surface area contributed by atoms with Gasteiger partial charge < -0.3 is 19.1 Å². The molecule has 6 rings (SSSR count). The van der Waals surface area contributed by atoms with Gasteiger partial charge in [-0.05, 0) is 56.2 Å². The summed E-state index contributed by atoms with van der Waals surface area (Å²) in [5, 5.41) is 0. The van der Waals surface area contributed by atoms with E-state index in [0.29, 0.717) is 50.8 Å². The lowest BCUT2D eigenvalue weighted by atomic mass is 10.1. The number of thioether (sulfide) groups is 1. The molecule has 38 heavy (non-hydrogen) atoms. The Morgan fingerprint density at radius 1 is 1.11 bits per heavy atom. The highest BCUT2D eigenvalue weighted by Crippen LogP contribution is 2.37. The largest absolute Gasteiger partial charge is 0.454 e. The third-order valence-electron chi connectivity index (χ3n) is 6.63. The van der Waals surface area contributed by atoms with Gasteiger partial charge in [0.1, 0.15) is 15.8 Å². The summed E-state index contributed by atoms with van der Waals surface area (Å²) in [6.07, 6.45) is 3.36. The molecule has 0 radical (unpaired) electrons. The van der Waals surface area contributed by atoms with Gasteiger partial charge in [-0.25, -0.2) is 4.98 Å². The van der Waals surface area contributed by atoms with E-state index in [1.54, 1.807) is 12.3 Å². The van der Waals surface area contributed by atoms with Gasteiger partial charge in [0.2, 0.25) is 6.79 Å². The number of ether oxygens (including phenoxy) is 3. The van der Waals surface area contributed by atoms with Gasteiger partial charge in [-0.3, -0.25) is 18.9 Å². The molecule has 2 fully saturated rings. The first kappa shape index (κ1) is 24.9. The average Bonchev–Trinajstić information content (AvgIpc) is 3.45. The van der Waals surface area contributed by atoms with E-state index < -0.39 is 0 Å². The van der Waals surface area contributed by atoms with Crippen molar-refractivity contribution in [1.29, 1.82) is 0 Å². The summed E-state index contributed by atoms with van der Waals surface area (Å²) in [6, 6.07) is 9.33. The van der Waals surface area contributed by atoms with Crippen molar-refractivity contribution in [2.45, 2.75) is 39.5 Å². The van der Waals surface area contributed by atoms with E-state index in [4.69, 9.17) is 31.4 Å². The number of amides is 1. The summed E-state index contributed by atoms with van der Waals surface area (Å²) >= 11 is 6.76. The molecular weight excluding hydrogens is 524 g/mol. The first-order chi connectivity index (χ1) is 18.3. The molecule has 0 spiro atoms. The smallest absolute Gasteiger partial charge is 0.267 e. The minimum Gasteiger partial charge on any atom is -0.454 e. The summed E-state index contributed by atoms with van der Waals surface area (Å²) in [5.41, 5.74) is 2.48. The summed E-state index contributed by atoms with van der Waals surface area (Å²) in [4.78, 5) is 36.2. The van der Waals surface area contributed by atoms with Crippen LogP contribution in [-0.2, 0) is 16.1 Å². The molecule has 2 aromatic heterocycles. The molecular formula is C27H26N4O5S2. The number of hydrogen-bond acceptors (Lipinski definition) is 9. The number of hydrogen-bond donors (Lipinski definition) is 0. The van der Waals surface area contributed by atoms with Crippen LogP contribution in [0.1, 0.15) is 30.5 Å². The van der Waals surface area contributed by atoms with Crippen molar-refractivity contribution in [3.8, 4) is 11.5 Å². The Morgan fingerprint density at radius 3 is 2.66 bits per heavy atom. The molecule has 5 heterocycles. The Balaban J connectivity index is 1.39. The van der Waals surface area contributed by atoms with Crippen molar-refractivity contribution < 1.29 is 19.0 Å². The fourth-order valence-electron chi connectivity index (χ4n) is 4.95. The Bertz CT molecular complexity index is 1560. The third kappa shape index (κ3) is 4.55. The molecule has 3 aromatic rings. The fraction of sp³-hybridized carbons (Fsp3) is 0.333. The number of thiocarbonyl (C=S) groups is 1. The van der Waals surface area contributed by atoms with Crippen LogP contribution in [-0.4, -0.2) is 56.6 Å². The highest BCUT2D eigenvalue weighted by atomic mass is 32.2. The van der Waals surface area contributed by atoms with E-state index in [2.05, 4.69) is 4.90 Å². The molecule has 11 heteroatoms. The number of aryl methyl sites for hydroxylation is 1. The van der Waals surface area contributed by atoms with Crippen LogP contribution in [0.5, 0.6) is 11.5 Å². The normalized spacial score (nSPS) is 22.2. The number of nitrogens with zero attached hydrogens (tertiary/aromatic N) is 4. The number of aromatic nitrogens is 2. The van der Waals surface area contributed by atoms with Gasteiger partial charge in [0, 0.05) is 19.3 Å². The zero-order valence-electron chi connectivity index (χ0n) is 21.2. The third-order valence-corrected chi connectivity index (χ3v) is 8.01. The van der Waals surface area contributed by atoms with Crippen molar-refractivity contribution in [3.63, 3.8) is 0 Å². The Labute approximate surface area is 229 Å². The average molecular weight is 551 g/mol. The highest BCUT2D eigenvalue weighted by Gasteiger charge is 2.34. The topological polar surface area (TPSA) is 85.6 Å². The van der Waals surface area contributed by atoms with E-state index in [-0.39, 0.29) is 37.0 Å². The number of pyridine rings is 1. The molecule has 0 N–H and O–H groups in total. The molecule has 0 bridgehead atoms. The fourth-order valence-corrected chi connectivity index (χ4v) is 6.19. The summed E-state index contributed by atoms with van der Waals surface area (Å²) in [6.45, 7) is 7.57. The maximum absolute atomic E-state index is 13.8. The van der Waals surface area contributed by atoms with Gasteiger partial charge >= 0.3 is 0 Å². The number of anilines is 1. The molecule has 2 unspecified atom stereocenters. The van der Waals surface area contributed by atoms with Gasteiger partial charge in [-0.1, -0.05) is 36.1 Å². The molecule has 196 valence electrons. The SMILES string of the molecule is Cc1ccc2nc(N3CC(C)OC(C)C3)c(/C=C3/SC(=S)N(Cc4ccc5c(c4)OCO5)C3=O)c(=O)n2c1. The zero-order chi connectivity index (χ0) is 26.6. The van der Waals surface area contributed by atoms with Gasteiger partial charge in [0.25, 0.3) is 11.5 Å². The molecule has 0 aliphatic carbocycles. The van der Waals surface area contributed by atoms with Crippen LogP contribution in [0.4, 0.5) is 5.82 Å². The van der Waals surface area contributed by atoms with E-state index in [9.17, 15) is 9.59 Å². The van der Waals surface area contributed by atoms with Gasteiger partial charge in [0.05, 0.1) is 29.2 Å². The van der Waals surface area contributed by atoms with E-state index in [0.717, 1.165) is 11.1 Å². The molecule has 3 aliphatic rings. The van der Waals surface area contributed by atoms with E-state index in [1.807, 2.05) is 51.1 Å². The predicted molar refractivity (Wildman–Crippen MR) is 150 cm³/mol. The Kier molecular flexibility index (Phi) is 6.37. The van der Waals surface area contributed by atoms with Crippen molar-refractivity contribution >= 4 is 51.7 Å². The zero-order valence-corrected chi connectivity index (χ0v) is 22.8. The molecule has 0 saturated carbocycles. The molecule has 3 aliphatic heterocycles. The first-order valence-electron chi connectivity index (χ1n) is 12.3. The summed E-state index contributed by atoms with van der Waals surface area (Å²) in [5.74, 6) is 1.62. The lowest BCUT2D eigenvalue weighted by molar-refractivity contribution is -0.122. The second kappa shape index (κ2) is 9.72. The van der Waals surface area contributed by atoms with Crippen LogP contribution in [0.25, 0.3) is 11.7 Å². The highest BCUT2D eigenvalue weighted by molar-refractivity contribution is 8.26. The lowest BCUT2D eigenvalue weighted by Gasteiger charge is -2.36. The Hall–Kier alpha value is -3.41. The molecule has 2 atom stereocenters. The number of rotatable bonds is 4. The maximum atomic E-state index is 13.8. The van der Waals surface area contributed by atoms with Crippen LogP contribution in [0.2, 0.25) is 0 Å². The van der Waals surface area contributed by atoms with Crippen LogP contribution in [0.15, 0.2) is 46.2 Å². The monoisotopic (exact) mass is 550 g/mol. The molecule has 2 saturated heterocycles. The van der Waals surface area contributed by atoms with Crippen LogP contribution in [0.3, 0.4) is 0 Å². The number of benzene rings is 1. The second-order valence-electron chi connectivity index (χ2n) is 9.71. The van der Waals surface area contributed by atoms with Crippen LogP contribution >= 0.6 is 24.0 Å². The lowest BCUT2D eigenvalue weighted by Crippen LogP contribution is -2.46. The number of morpholine rings is 1. The molecule has 1 amide bonds. The maximum Gasteiger partial charge on any atom is 0.267 e. The van der Waals surface area contributed by atoms with Crippen molar-refractivity contribution in [2.24, 2.45) is 0 Å². The van der Waals surface area contributed by atoms with E-state index in [1.165, 1.54) is 21.1 Å². The van der Waals surface area contributed by atoms with Gasteiger partial charge in [-0.2, -0.15) is 0 Å². The van der Waals surface area contributed by atoms with Crippen LogP contribution in [0, 0.1) is 6.92 Å². The minimum absolute atomic E-state index is 0.0234. The first-order valence-corrected chi connectivity index (χ1v) is 13.6. The number of carbonyl (C=O) groups is 1. The number of carbonyl (C=O) groups excluding carboxylic acids is 1. The van der Waals surface area contributed by atoms with Crippen molar-refractivity contribution in [1.82, 2.24) is 14.3 Å². The second-order valence-corrected chi connectivity index (χ2v) is 11.4. The predicted octanol–water partition coefficient (Wildman–Crippen LogP) is 3.75. The van der Waals surface area contributed by atoms with E-state index >= 15 is 0 Å². The summed E-state index contributed by atoms with van der Waals surface area (Å²) in [7, 11) is 0. The van der Waals surface area contributed by atoms with Gasteiger partial charge in [-0.15, -0.1) is 0 Å². The molecule has 9 nitrogen and oxygen atoms in total. The standard InChI is InChI=1S/C27H26N4O5S2/c1-15-4-7-23-28-24(29-11-16(2)36-17(3)12-29)19(25(32)30(23)10-15)9-22-26(33)31(27(37)38-22)13-18-5-6-20-21(8-18)35-14-34-20/h4-10,16-17H,11-14H2,1-3H3/b22-9+. The van der Waals surface area contributed by atoms with Crippen LogP contribution < -0.4 is 19.9 Å². The quantitative estimate of drug-likeness (QED) is 0.356. The summed E-state index contributed by atoms with van der Waals surface area (Å²) < 4.78 is 18.7. The van der Waals surface area contributed by atoms with Gasteiger partial charge in [0.15, 0.2) is 11.5 Å². The van der Waals surface area contributed by atoms with Crippen molar-refractivity contribution in [2.75, 3.05) is 24.8 Å². The number of fused-ring (bicyclic) bond motifs is 2. The minimum atomic E-state index is -0.249. The van der Waals surface area contributed by atoms with Crippen molar-refractivity contribution in [3.05, 3.63) is 68.5 Å². The Morgan fingerprint density at radius 2 is 1.87 bits per heavy atom. The molecule has 1 aromatic carbocycles.